The van der Waals surface area contributed by atoms with Crippen LogP contribution in [0.25, 0.3) is 0 Å². The smallest absolute Gasteiger partial charge is 0.249 e. The lowest BCUT2D eigenvalue weighted by atomic mass is 10.1. The van der Waals surface area contributed by atoms with E-state index in [1.165, 1.54) is 0 Å². The summed E-state index contributed by atoms with van der Waals surface area (Å²) in [5, 5.41) is 0. The summed E-state index contributed by atoms with van der Waals surface area (Å²) in [5.41, 5.74) is 6.15. The number of hydrogen-bond acceptors (Lipinski definition) is 2. The maximum Gasteiger partial charge on any atom is 0.249 e. The van der Waals surface area contributed by atoms with Crippen LogP contribution in [0.5, 0.6) is 0 Å². The third kappa shape index (κ3) is 4.42. The molecule has 0 bridgehead atoms. The quantitative estimate of drug-likeness (QED) is 0.631. The Morgan fingerprint density at radius 3 is 2.36 bits per heavy atom. The molecule has 0 heterocycles. The molecule has 0 spiro atoms. The normalized spacial score (nSPS) is 9.93. The molecule has 0 aromatic rings. The molecule has 14 heavy (non-hydrogen) atoms. The average molecular weight is 198 g/mol. The highest BCUT2D eigenvalue weighted by atomic mass is 16.2. The standard InChI is InChI=1S/C11H22N2O/c1-4-6-10(3)11(14)13(8-5-2)9-7-12/h3-9,12H2,1-2H3. The van der Waals surface area contributed by atoms with E-state index >= 15 is 0 Å². The molecule has 0 aromatic heterocycles. The van der Waals surface area contributed by atoms with Crippen molar-refractivity contribution in [3.05, 3.63) is 12.2 Å². The molecule has 82 valence electrons. The zero-order chi connectivity index (χ0) is 11.0. The summed E-state index contributed by atoms with van der Waals surface area (Å²) < 4.78 is 0. The lowest BCUT2D eigenvalue weighted by molar-refractivity contribution is -0.127. The Labute approximate surface area is 87.0 Å². The predicted octanol–water partition coefficient (Wildman–Crippen LogP) is 1.54. The van der Waals surface area contributed by atoms with Crippen LogP contribution in [0.4, 0.5) is 0 Å². The molecule has 0 atom stereocenters. The van der Waals surface area contributed by atoms with Crippen LogP contribution in [0.1, 0.15) is 33.1 Å². The van der Waals surface area contributed by atoms with Crippen molar-refractivity contribution in [3.8, 4) is 0 Å². The van der Waals surface area contributed by atoms with Gasteiger partial charge in [-0.05, 0) is 12.8 Å². The van der Waals surface area contributed by atoms with E-state index in [2.05, 4.69) is 13.5 Å². The van der Waals surface area contributed by atoms with E-state index in [4.69, 9.17) is 5.73 Å². The van der Waals surface area contributed by atoms with Crippen LogP contribution >= 0.6 is 0 Å². The molecule has 0 aliphatic carbocycles. The fraction of sp³-hybridized carbons (Fsp3) is 0.727. The van der Waals surface area contributed by atoms with Crippen molar-refractivity contribution in [1.82, 2.24) is 4.90 Å². The van der Waals surface area contributed by atoms with E-state index in [1.807, 2.05) is 6.92 Å². The van der Waals surface area contributed by atoms with Crippen LogP contribution in [0.3, 0.4) is 0 Å². The molecule has 0 fully saturated rings. The van der Waals surface area contributed by atoms with Crippen molar-refractivity contribution in [2.75, 3.05) is 19.6 Å². The highest BCUT2D eigenvalue weighted by molar-refractivity contribution is 5.92. The number of carbonyl (C=O) groups excluding carboxylic acids is 1. The van der Waals surface area contributed by atoms with Gasteiger partial charge in [-0.1, -0.05) is 26.8 Å². The topological polar surface area (TPSA) is 46.3 Å². The molecule has 2 N–H and O–H groups in total. The Morgan fingerprint density at radius 1 is 1.29 bits per heavy atom. The van der Waals surface area contributed by atoms with Gasteiger partial charge in [-0.25, -0.2) is 0 Å². The number of rotatable bonds is 7. The summed E-state index contributed by atoms with van der Waals surface area (Å²) in [6.45, 7) is 9.83. The first-order valence-corrected chi connectivity index (χ1v) is 5.34. The molecule has 0 aromatic carbocycles. The highest BCUT2D eigenvalue weighted by Gasteiger charge is 2.13. The zero-order valence-corrected chi connectivity index (χ0v) is 9.38. The molecule has 0 rings (SSSR count). The summed E-state index contributed by atoms with van der Waals surface area (Å²) in [5.74, 6) is 0.0687. The molecule has 0 aliphatic rings. The van der Waals surface area contributed by atoms with Crippen LogP contribution in [0.2, 0.25) is 0 Å². The van der Waals surface area contributed by atoms with Gasteiger partial charge in [-0.15, -0.1) is 0 Å². The molecule has 0 aliphatic heterocycles. The maximum atomic E-state index is 11.8. The maximum absolute atomic E-state index is 11.8. The zero-order valence-electron chi connectivity index (χ0n) is 9.38. The summed E-state index contributed by atoms with van der Waals surface area (Å²) in [6.07, 6.45) is 2.71. The number of carbonyl (C=O) groups is 1. The van der Waals surface area contributed by atoms with Crippen molar-refractivity contribution in [2.45, 2.75) is 33.1 Å². The first-order chi connectivity index (χ1) is 6.67. The Bertz CT molecular complexity index is 184. The van der Waals surface area contributed by atoms with Crippen LogP contribution in [0.15, 0.2) is 12.2 Å². The summed E-state index contributed by atoms with van der Waals surface area (Å²) >= 11 is 0. The van der Waals surface area contributed by atoms with E-state index in [1.54, 1.807) is 4.90 Å². The molecule has 1 amide bonds. The van der Waals surface area contributed by atoms with Gasteiger partial charge in [-0.3, -0.25) is 4.79 Å². The third-order valence-corrected chi connectivity index (χ3v) is 2.03. The third-order valence-electron chi connectivity index (χ3n) is 2.03. The van der Waals surface area contributed by atoms with E-state index in [0.717, 1.165) is 25.8 Å². The monoisotopic (exact) mass is 198 g/mol. The largest absolute Gasteiger partial charge is 0.338 e. The Hall–Kier alpha value is -0.830. The van der Waals surface area contributed by atoms with Crippen molar-refractivity contribution < 1.29 is 4.79 Å². The first kappa shape index (κ1) is 13.2. The average Bonchev–Trinajstić information content (AvgIpc) is 2.17. The fourth-order valence-corrected chi connectivity index (χ4v) is 1.37. The van der Waals surface area contributed by atoms with E-state index in [0.29, 0.717) is 18.7 Å². The van der Waals surface area contributed by atoms with Crippen molar-refractivity contribution in [2.24, 2.45) is 5.73 Å². The van der Waals surface area contributed by atoms with E-state index < -0.39 is 0 Å². The summed E-state index contributed by atoms with van der Waals surface area (Å²) in [4.78, 5) is 13.6. The molecular weight excluding hydrogens is 176 g/mol. The summed E-state index contributed by atoms with van der Waals surface area (Å²) in [7, 11) is 0. The summed E-state index contributed by atoms with van der Waals surface area (Å²) in [6, 6.07) is 0. The molecule has 3 heteroatoms. The van der Waals surface area contributed by atoms with Gasteiger partial charge in [0, 0.05) is 25.2 Å². The molecule has 0 unspecified atom stereocenters. The van der Waals surface area contributed by atoms with Gasteiger partial charge in [0.2, 0.25) is 5.91 Å². The lowest BCUT2D eigenvalue weighted by Crippen LogP contribution is -2.36. The minimum absolute atomic E-state index is 0.0687. The molecule has 0 saturated heterocycles. The van der Waals surface area contributed by atoms with Gasteiger partial charge < -0.3 is 10.6 Å². The minimum atomic E-state index is 0.0687. The second-order valence-electron chi connectivity index (χ2n) is 3.43. The molecule has 3 nitrogen and oxygen atoms in total. The predicted molar refractivity (Wildman–Crippen MR) is 60.0 cm³/mol. The highest BCUT2D eigenvalue weighted by Crippen LogP contribution is 2.07. The SMILES string of the molecule is C=C(CCC)C(=O)N(CCC)CCN. The van der Waals surface area contributed by atoms with E-state index in [9.17, 15) is 4.79 Å². The Kier molecular flexibility index (Phi) is 7.11. The van der Waals surface area contributed by atoms with E-state index in [-0.39, 0.29) is 5.91 Å². The van der Waals surface area contributed by atoms with Gasteiger partial charge in [-0.2, -0.15) is 0 Å². The van der Waals surface area contributed by atoms with Crippen molar-refractivity contribution in [1.29, 1.82) is 0 Å². The van der Waals surface area contributed by atoms with Crippen LogP contribution in [-0.2, 0) is 4.79 Å². The minimum Gasteiger partial charge on any atom is -0.338 e. The molecular formula is C11H22N2O. The van der Waals surface area contributed by atoms with Crippen LogP contribution < -0.4 is 5.73 Å². The second kappa shape index (κ2) is 7.56. The number of hydrogen-bond donors (Lipinski definition) is 1. The van der Waals surface area contributed by atoms with Crippen molar-refractivity contribution in [3.63, 3.8) is 0 Å². The lowest BCUT2D eigenvalue weighted by Gasteiger charge is -2.22. The number of amides is 1. The number of nitrogens with two attached hydrogens (primary N) is 1. The molecule has 0 radical (unpaired) electrons. The van der Waals surface area contributed by atoms with Gasteiger partial charge in [0.05, 0.1) is 0 Å². The van der Waals surface area contributed by atoms with Crippen LogP contribution in [0, 0.1) is 0 Å². The second-order valence-corrected chi connectivity index (χ2v) is 3.43. The van der Waals surface area contributed by atoms with Gasteiger partial charge in [0.1, 0.15) is 0 Å². The first-order valence-electron chi connectivity index (χ1n) is 5.34. The van der Waals surface area contributed by atoms with Gasteiger partial charge >= 0.3 is 0 Å². The van der Waals surface area contributed by atoms with Crippen molar-refractivity contribution >= 4 is 5.91 Å². The molecule has 0 saturated carbocycles. The number of nitrogens with zero attached hydrogens (tertiary/aromatic N) is 1. The van der Waals surface area contributed by atoms with Gasteiger partial charge in [0.15, 0.2) is 0 Å². The van der Waals surface area contributed by atoms with Crippen LogP contribution in [-0.4, -0.2) is 30.4 Å². The fourth-order valence-electron chi connectivity index (χ4n) is 1.37. The van der Waals surface area contributed by atoms with Gasteiger partial charge in [0.25, 0.3) is 0 Å². The Morgan fingerprint density at radius 2 is 1.93 bits per heavy atom. The Balaban J connectivity index is 4.19.